The van der Waals surface area contributed by atoms with Gasteiger partial charge in [0.25, 0.3) is 0 Å². The van der Waals surface area contributed by atoms with Gasteiger partial charge in [-0.15, -0.1) is 10.2 Å². The Labute approximate surface area is 133 Å². The van der Waals surface area contributed by atoms with Crippen molar-refractivity contribution in [1.82, 2.24) is 14.6 Å². The Balaban J connectivity index is 1.65. The molecule has 2 heterocycles. The topological polar surface area (TPSA) is 82.5 Å². The van der Waals surface area contributed by atoms with E-state index < -0.39 is 0 Å². The second-order valence-corrected chi connectivity index (χ2v) is 6.94. The summed E-state index contributed by atoms with van der Waals surface area (Å²) in [6.45, 7) is 1.84. The maximum Gasteiger partial charge on any atom is 0.319 e. The van der Waals surface area contributed by atoms with E-state index in [4.69, 9.17) is 10.5 Å². The monoisotopic (exact) mass is 320 g/mol. The molecule has 0 radical (unpaired) electrons. The van der Waals surface area contributed by atoms with Crippen molar-refractivity contribution in [1.29, 1.82) is 0 Å². The van der Waals surface area contributed by atoms with Gasteiger partial charge in [0.2, 0.25) is 0 Å². The van der Waals surface area contributed by atoms with Crippen molar-refractivity contribution in [3.8, 4) is 0 Å². The van der Waals surface area contributed by atoms with Crippen LogP contribution in [0.25, 0.3) is 5.65 Å². The highest BCUT2D eigenvalue weighted by molar-refractivity contribution is 8.00. The number of carbonyl (C=O) groups excluding carboxylic acids is 1. The molecule has 7 heteroatoms. The number of hydrogen-bond acceptors (Lipinski definition) is 6. The van der Waals surface area contributed by atoms with Gasteiger partial charge >= 0.3 is 5.97 Å². The second kappa shape index (κ2) is 6.56. The number of aromatic nitrogens is 3. The van der Waals surface area contributed by atoms with Crippen molar-refractivity contribution in [2.24, 2.45) is 0 Å². The number of nitrogens with zero attached hydrogens (tertiary/aromatic N) is 3. The first-order valence-corrected chi connectivity index (χ1v) is 8.49. The standard InChI is InChI=1S/C15H20N4O2S/c1-10(14(20)21-12-5-3-2-4-6-12)22-15-18-17-13-8-7-11(16)9-19(13)15/h7-10,12H,2-6,16H2,1H3. The second-order valence-electron chi connectivity index (χ2n) is 5.63. The largest absolute Gasteiger partial charge is 0.462 e. The van der Waals surface area contributed by atoms with E-state index >= 15 is 0 Å². The average molecular weight is 320 g/mol. The lowest BCUT2D eigenvalue weighted by molar-refractivity contribution is -0.149. The summed E-state index contributed by atoms with van der Waals surface area (Å²) in [6.07, 6.45) is 7.33. The molecule has 3 rings (SSSR count). The molecule has 6 nitrogen and oxygen atoms in total. The quantitative estimate of drug-likeness (QED) is 0.689. The van der Waals surface area contributed by atoms with Gasteiger partial charge in [-0.3, -0.25) is 9.20 Å². The van der Waals surface area contributed by atoms with Crippen LogP contribution in [0.15, 0.2) is 23.5 Å². The van der Waals surface area contributed by atoms with Crippen molar-refractivity contribution in [3.63, 3.8) is 0 Å². The maximum atomic E-state index is 12.2. The molecule has 118 valence electrons. The minimum absolute atomic E-state index is 0.0788. The first-order valence-electron chi connectivity index (χ1n) is 7.61. The van der Waals surface area contributed by atoms with Crippen molar-refractivity contribution >= 4 is 29.1 Å². The molecule has 2 aromatic heterocycles. The van der Waals surface area contributed by atoms with Gasteiger partial charge in [-0.2, -0.15) is 0 Å². The normalized spacial score (nSPS) is 17.5. The number of nitrogen functional groups attached to an aromatic ring is 1. The lowest BCUT2D eigenvalue weighted by Crippen LogP contribution is -2.26. The van der Waals surface area contributed by atoms with Gasteiger partial charge in [0, 0.05) is 11.9 Å². The highest BCUT2D eigenvalue weighted by Crippen LogP contribution is 2.26. The van der Waals surface area contributed by atoms with E-state index in [1.807, 2.05) is 6.92 Å². The number of hydrogen-bond donors (Lipinski definition) is 1. The SMILES string of the molecule is CC(Sc1nnc2ccc(N)cn12)C(=O)OC1CCCCC1. The zero-order valence-corrected chi connectivity index (χ0v) is 13.4. The van der Waals surface area contributed by atoms with E-state index in [0.29, 0.717) is 16.5 Å². The Morgan fingerprint density at radius 3 is 2.91 bits per heavy atom. The van der Waals surface area contributed by atoms with Crippen LogP contribution in [0.3, 0.4) is 0 Å². The minimum atomic E-state index is -0.323. The lowest BCUT2D eigenvalue weighted by atomic mass is 9.98. The first kappa shape index (κ1) is 15.1. The van der Waals surface area contributed by atoms with Crippen LogP contribution in [0, 0.1) is 0 Å². The fraction of sp³-hybridized carbons (Fsp3) is 0.533. The van der Waals surface area contributed by atoms with E-state index in [0.717, 1.165) is 25.7 Å². The van der Waals surface area contributed by atoms with Crippen LogP contribution in [0.2, 0.25) is 0 Å². The zero-order valence-electron chi connectivity index (χ0n) is 12.6. The molecule has 1 fully saturated rings. The third kappa shape index (κ3) is 3.35. The Bertz CT molecular complexity index is 667. The summed E-state index contributed by atoms with van der Waals surface area (Å²) in [4.78, 5) is 12.2. The average Bonchev–Trinajstić information content (AvgIpc) is 2.90. The first-order chi connectivity index (χ1) is 10.6. The Hall–Kier alpha value is -1.76. The summed E-state index contributed by atoms with van der Waals surface area (Å²) in [7, 11) is 0. The number of nitrogens with two attached hydrogens (primary N) is 1. The molecule has 2 aromatic rings. The number of pyridine rings is 1. The van der Waals surface area contributed by atoms with Gasteiger partial charge in [0.15, 0.2) is 10.8 Å². The molecule has 0 spiro atoms. The van der Waals surface area contributed by atoms with E-state index in [-0.39, 0.29) is 17.3 Å². The summed E-state index contributed by atoms with van der Waals surface area (Å²) in [6, 6.07) is 3.58. The molecular formula is C15H20N4O2S. The maximum absolute atomic E-state index is 12.2. The number of ether oxygens (including phenoxy) is 1. The van der Waals surface area contributed by atoms with Crippen molar-refractivity contribution in [2.45, 2.75) is 55.5 Å². The smallest absolute Gasteiger partial charge is 0.319 e. The Morgan fingerprint density at radius 1 is 1.36 bits per heavy atom. The van der Waals surface area contributed by atoms with E-state index in [2.05, 4.69) is 10.2 Å². The summed E-state index contributed by atoms with van der Waals surface area (Å²) in [5, 5.41) is 8.52. The van der Waals surface area contributed by atoms with Gasteiger partial charge in [0.1, 0.15) is 11.4 Å². The van der Waals surface area contributed by atoms with Crippen LogP contribution in [-0.2, 0) is 9.53 Å². The predicted octanol–water partition coefficient (Wildman–Crippen LogP) is 2.67. The fourth-order valence-corrected chi connectivity index (χ4v) is 3.43. The molecule has 1 atom stereocenters. The van der Waals surface area contributed by atoms with Gasteiger partial charge in [0.05, 0.1) is 0 Å². The third-order valence-corrected chi connectivity index (χ3v) is 4.88. The van der Waals surface area contributed by atoms with Crippen LogP contribution in [0.1, 0.15) is 39.0 Å². The number of carbonyl (C=O) groups is 1. The molecule has 1 aliphatic carbocycles. The van der Waals surface area contributed by atoms with Crippen molar-refractivity contribution < 1.29 is 9.53 Å². The molecule has 2 N–H and O–H groups in total. The summed E-state index contributed by atoms with van der Waals surface area (Å²) < 4.78 is 7.39. The highest BCUT2D eigenvalue weighted by Gasteiger charge is 2.24. The van der Waals surface area contributed by atoms with E-state index in [9.17, 15) is 4.79 Å². The van der Waals surface area contributed by atoms with Crippen LogP contribution < -0.4 is 5.73 Å². The lowest BCUT2D eigenvalue weighted by Gasteiger charge is -2.23. The van der Waals surface area contributed by atoms with Crippen molar-refractivity contribution in [2.75, 3.05) is 5.73 Å². The van der Waals surface area contributed by atoms with Gasteiger partial charge in [-0.25, -0.2) is 0 Å². The highest BCUT2D eigenvalue weighted by atomic mass is 32.2. The molecule has 0 amide bonds. The summed E-state index contributed by atoms with van der Waals surface area (Å²) in [5.74, 6) is -0.183. The zero-order chi connectivity index (χ0) is 15.5. The molecular weight excluding hydrogens is 300 g/mol. The van der Waals surface area contributed by atoms with Crippen molar-refractivity contribution in [3.05, 3.63) is 18.3 Å². The molecule has 0 aliphatic heterocycles. The third-order valence-electron chi connectivity index (χ3n) is 3.84. The Morgan fingerprint density at radius 2 is 2.14 bits per heavy atom. The molecule has 0 bridgehead atoms. The van der Waals surface area contributed by atoms with Crippen LogP contribution in [0.5, 0.6) is 0 Å². The Kier molecular flexibility index (Phi) is 4.52. The number of fused-ring (bicyclic) bond motifs is 1. The van der Waals surface area contributed by atoms with E-state index in [1.165, 1.54) is 18.2 Å². The number of thioether (sulfide) groups is 1. The fourth-order valence-electron chi connectivity index (χ4n) is 2.62. The van der Waals surface area contributed by atoms with E-state index in [1.54, 1.807) is 22.7 Å². The molecule has 1 saturated carbocycles. The molecule has 22 heavy (non-hydrogen) atoms. The molecule has 0 saturated heterocycles. The number of anilines is 1. The van der Waals surface area contributed by atoms with Gasteiger partial charge < -0.3 is 10.5 Å². The van der Waals surface area contributed by atoms with Crippen LogP contribution in [-0.4, -0.2) is 31.9 Å². The number of rotatable bonds is 4. The predicted molar refractivity (Wildman–Crippen MR) is 85.7 cm³/mol. The summed E-state index contributed by atoms with van der Waals surface area (Å²) in [5.41, 5.74) is 7.13. The van der Waals surface area contributed by atoms with Gasteiger partial charge in [-0.1, -0.05) is 18.2 Å². The molecule has 1 unspecified atom stereocenters. The molecule has 1 aliphatic rings. The number of esters is 1. The van der Waals surface area contributed by atoms with Gasteiger partial charge in [-0.05, 0) is 44.7 Å². The van der Waals surface area contributed by atoms with Crippen LogP contribution >= 0.6 is 11.8 Å². The molecule has 0 aromatic carbocycles. The summed E-state index contributed by atoms with van der Waals surface area (Å²) >= 11 is 1.34. The van der Waals surface area contributed by atoms with Crippen LogP contribution in [0.4, 0.5) is 5.69 Å². The minimum Gasteiger partial charge on any atom is -0.462 e.